The monoisotopic (exact) mass is 359 g/mol. The van der Waals surface area contributed by atoms with Gasteiger partial charge in [0, 0.05) is 50.5 Å². The van der Waals surface area contributed by atoms with Crippen molar-refractivity contribution in [3.8, 4) is 0 Å². The van der Waals surface area contributed by atoms with Crippen LogP contribution in [0.25, 0.3) is 0 Å². The summed E-state index contributed by atoms with van der Waals surface area (Å²) in [7, 11) is 0. The topological polar surface area (TPSA) is 67.6 Å². The highest BCUT2D eigenvalue weighted by Crippen LogP contribution is 2.54. The molecule has 1 aromatic rings. The van der Waals surface area contributed by atoms with Gasteiger partial charge in [-0.1, -0.05) is 24.2 Å². The first-order valence-corrected chi connectivity index (χ1v) is 9.90. The molecule has 0 radical (unpaired) electrons. The number of nitrogens with zero attached hydrogens (tertiary/aromatic N) is 2. The van der Waals surface area contributed by atoms with Crippen molar-refractivity contribution in [2.75, 3.05) is 26.2 Å². The van der Waals surface area contributed by atoms with Crippen LogP contribution in [-0.4, -0.2) is 53.8 Å². The Morgan fingerprint density at radius 1 is 1.54 bits per heavy atom. The highest BCUT2D eigenvalue weighted by Gasteiger charge is 2.62. The normalized spacial score (nSPS) is 33.2. The number of amides is 1. The molecule has 3 aliphatic heterocycles. The average Bonchev–Trinajstić information content (AvgIpc) is 3.38. The molecule has 142 valence electrons. The van der Waals surface area contributed by atoms with Gasteiger partial charge in [-0.15, -0.1) is 0 Å². The molecule has 0 saturated carbocycles. The smallest absolute Gasteiger partial charge is 0.273 e. The van der Waals surface area contributed by atoms with Gasteiger partial charge < -0.3 is 14.6 Å². The molecule has 3 fully saturated rings. The summed E-state index contributed by atoms with van der Waals surface area (Å²) < 4.78 is 11.6. The van der Waals surface area contributed by atoms with Gasteiger partial charge in [-0.3, -0.25) is 9.69 Å². The molecule has 2 bridgehead atoms. The third-order valence-corrected chi connectivity index (χ3v) is 6.24. The number of carbonyl (C=O) groups is 1. The summed E-state index contributed by atoms with van der Waals surface area (Å²) in [6.45, 7) is 7.86. The van der Waals surface area contributed by atoms with Gasteiger partial charge in [-0.25, -0.2) is 0 Å². The summed E-state index contributed by atoms with van der Waals surface area (Å²) in [5, 5.41) is 6.98. The Bertz CT molecular complexity index is 686. The van der Waals surface area contributed by atoms with Crippen molar-refractivity contribution in [2.45, 2.75) is 51.2 Å². The molecule has 26 heavy (non-hydrogen) atoms. The van der Waals surface area contributed by atoms with Crippen molar-refractivity contribution < 1.29 is 14.1 Å². The van der Waals surface area contributed by atoms with Crippen LogP contribution in [0.4, 0.5) is 0 Å². The van der Waals surface area contributed by atoms with Crippen LogP contribution < -0.4 is 5.32 Å². The first-order chi connectivity index (χ1) is 12.6. The van der Waals surface area contributed by atoms with Crippen molar-refractivity contribution in [2.24, 2.45) is 11.8 Å². The van der Waals surface area contributed by atoms with Crippen LogP contribution in [-0.2, 0) is 11.2 Å². The number of likely N-dealkylation sites (tertiary alicyclic amines) is 1. The summed E-state index contributed by atoms with van der Waals surface area (Å²) in [6, 6.07) is 1.76. The number of ether oxygens (including phenoxy) is 1. The molecule has 0 aromatic carbocycles. The first-order valence-electron chi connectivity index (χ1n) is 9.90. The number of allylic oxidation sites excluding steroid dienone is 1. The van der Waals surface area contributed by atoms with E-state index in [9.17, 15) is 4.79 Å². The molecule has 6 nitrogen and oxygen atoms in total. The number of hydrogen-bond acceptors (Lipinski definition) is 5. The van der Waals surface area contributed by atoms with Gasteiger partial charge in [0.25, 0.3) is 5.91 Å². The van der Waals surface area contributed by atoms with E-state index in [0.717, 1.165) is 51.1 Å². The molecule has 0 aliphatic carbocycles. The maximum atomic E-state index is 12.4. The molecule has 4 rings (SSSR count). The molecule has 1 N–H and O–H groups in total. The summed E-state index contributed by atoms with van der Waals surface area (Å²) in [4.78, 5) is 14.9. The van der Waals surface area contributed by atoms with E-state index in [0.29, 0.717) is 24.1 Å². The zero-order valence-corrected chi connectivity index (χ0v) is 15.7. The van der Waals surface area contributed by atoms with Crippen LogP contribution in [0, 0.1) is 11.8 Å². The lowest BCUT2D eigenvalue weighted by Gasteiger charge is -2.29. The van der Waals surface area contributed by atoms with Gasteiger partial charge >= 0.3 is 0 Å². The molecule has 1 spiro atoms. The van der Waals surface area contributed by atoms with Crippen molar-refractivity contribution in [1.29, 1.82) is 0 Å². The van der Waals surface area contributed by atoms with E-state index in [-0.39, 0.29) is 17.6 Å². The molecule has 3 saturated heterocycles. The van der Waals surface area contributed by atoms with Crippen LogP contribution in [0.1, 0.15) is 49.4 Å². The standard InChI is InChI=1S/C20H29N3O3/c1-3-5-9-23-12-16-15(18-7-8-20(16,13-23)25-18)11-21-19(24)17-10-14(6-4-2)26-22-17/h3,5,10,15-16,18H,4,6-9,11-13H2,1-2H3,(H,21,24)/t15-,16+,18+,20+/m0/s1. The molecular formula is C20H29N3O3. The third-order valence-electron chi connectivity index (χ3n) is 6.24. The van der Waals surface area contributed by atoms with Crippen molar-refractivity contribution in [3.05, 3.63) is 29.7 Å². The molecule has 4 atom stereocenters. The number of aromatic nitrogens is 1. The second kappa shape index (κ2) is 7.16. The molecule has 1 amide bonds. The first kappa shape index (κ1) is 17.7. The molecule has 0 unspecified atom stereocenters. The fraction of sp³-hybridized carbons (Fsp3) is 0.700. The van der Waals surface area contributed by atoms with E-state index in [1.165, 1.54) is 0 Å². The molecule has 1 aromatic heterocycles. The van der Waals surface area contributed by atoms with Crippen LogP contribution in [0.15, 0.2) is 22.7 Å². The van der Waals surface area contributed by atoms with Gasteiger partial charge in [-0.05, 0) is 26.2 Å². The minimum absolute atomic E-state index is 0.0177. The summed E-state index contributed by atoms with van der Waals surface area (Å²) in [5.74, 6) is 1.54. The predicted octanol–water partition coefficient (Wildman–Crippen LogP) is 2.41. The lowest BCUT2D eigenvalue weighted by atomic mass is 9.73. The van der Waals surface area contributed by atoms with Crippen LogP contribution >= 0.6 is 0 Å². The van der Waals surface area contributed by atoms with E-state index < -0.39 is 0 Å². The lowest BCUT2D eigenvalue weighted by Crippen LogP contribution is -2.42. The summed E-state index contributed by atoms with van der Waals surface area (Å²) >= 11 is 0. The summed E-state index contributed by atoms with van der Waals surface area (Å²) in [5.41, 5.74) is 0.400. The van der Waals surface area contributed by atoms with Gasteiger partial charge in [0.1, 0.15) is 5.76 Å². The predicted molar refractivity (Wildman–Crippen MR) is 97.9 cm³/mol. The largest absolute Gasteiger partial charge is 0.370 e. The van der Waals surface area contributed by atoms with E-state index in [2.05, 4.69) is 41.4 Å². The number of nitrogens with one attached hydrogen (secondary N) is 1. The third kappa shape index (κ3) is 3.09. The van der Waals surface area contributed by atoms with Crippen molar-refractivity contribution >= 4 is 5.91 Å². The number of rotatable bonds is 7. The summed E-state index contributed by atoms with van der Waals surface area (Å²) in [6.07, 6.45) is 8.65. The maximum Gasteiger partial charge on any atom is 0.273 e. The number of fused-ring (bicyclic) bond motifs is 1. The lowest BCUT2D eigenvalue weighted by molar-refractivity contribution is 0.00365. The van der Waals surface area contributed by atoms with Crippen LogP contribution in [0.5, 0.6) is 0 Å². The highest BCUT2D eigenvalue weighted by atomic mass is 16.5. The zero-order valence-electron chi connectivity index (χ0n) is 15.7. The van der Waals surface area contributed by atoms with Crippen LogP contribution in [0.3, 0.4) is 0 Å². The van der Waals surface area contributed by atoms with Crippen molar-refractivity contribution in [3.63, 3.8) is 0 Å². The molecule has 3 aliphatic rings. The molecule has 6 heteroatoms. The Hall–Kier alpha value is -1.66. The van der Waals surface area contributed by atoms with Gasteiger partial charge in [0.2, 0.25) is 0 Å². The van der Waals surface area contributed by atoms with Crippen molar-refractivity contribution in [1.82, 2.24) is 15.4 Å². The Kier molecular flexibility index (Phi) is 4.88. The minimum Gasteiger partial charge on any atom is -0.370 e. The van der Waals surface area contributed by atoms with E-state index >= 15 is 0 Å². The van der Waals surface area contributed by atoms with E-state index in [1.807, 2.05) is 0 Å². The fourth-order valence-electron chi connectivity index (χ4n) is 5.04. The minimum atomic E-state index is -0.142. The Morgan fingerprint density at radius 3 is 3.23 bits per heavy atom. The fourth-order valence-corrected chi connectivity index (χ4v) is 5.04. The quantitative estimate of drug-likeness (QED) is 0.757. The van der Waals surface area contributed by atoms with Gasteiger partial charge in [0.05, 0.1) is 11.7 Å². The second-order valence-electron chi connectivity index (χ2n) is 7.93. The highest BCUT2D eigenvalue weighted by molar-refractivity contribution is 5.92. The van der Waals surface area contributed by atoms with Gasteiger partial charge in [0.15, 0.2) is 5.69 Å². The number of carbonyl (C=O) groups excluding carboxylic acids is 1. The van der Waals surface area contributed by atoms with E-state index in [1.54, 1.807) is 6.07 Å². The molecule has 4 heterocycles. The van der Waals surface area contributed by atoms with Gasteiger partial charge in [-0.2, -0.15) is 0 Å². The average molecular weight is 359 g/mol. The maximum absolute atomic E-state index is 12.4. The molecular weight excluding hydrogens is 330 g/mol. The number of hydrogen-bond donors (Lipinski definition) is 1. The Balaban J connectivity index is 1.37. The van der Waals surface area contributed by atoms with E-state index in [4.69, 9.17) is 9.26 Å². The van der Waals surface area contributed by atoms with Crippen LogP contribution in [0.2, 0.25) is 0 Å². The SMILES string of the molecule is CC=CCN1C[C@@H]2[C@H](CNC(=O)c3cc(CCC)on3)[C@H]3CC[C@]2(C1)O3. The zero-order chi connectivity index (χ0) is 18.1. The Morgan fingerprint density at radius 2 is 2.42 bits per heavy atom. The second-order valence-corrected chi connectivity index (χ2v) is 7.93. The Labute approximate surface area is 154 Å². The number of aryl methyl sites for hydroxylation is 1.